The van der Waals surface area contributed by atoms with Gasteiger partial charge in [0.1, 0.15) is 5.60 Å². The van der Waals surface area contributed by atoms with Gasteiger partial charge in [-0.2, -0.15) is 0 Å². The van der Waals surface area contributed by atoms with E-state index < -0.39 is 5.60 Å². The summed E-state index contributed by atoms with van der Waals surface area (Å²) in [5.74, 6) is 0.663. The molecule has 0 spiro atoms. The predicted molar refractivity (Wildman–Crippen MR) is 124 cm³/mol. The maximum Gasteiger partial charge on any atom is 0.410 e. The number of hydrogen-bond donors (Lipinski definition) is 1. The smallest absolute Gasteiger partial charge is 0.410 e. The van der Waals surface area contributed by atoms with Crippen molar-refractivity contribution in [2.45, 2.75) is 64.5 Å². The average molecular weight is 524 g/mol. The molecule has 2 aliphatic heterocycles. The van der Waals surface area contributed by atoms with Gasteiger partial charge in [0.2, 0.25) is 0 Å². The third kappa shape index (κ3) is 7.82. The average Bonchev–Trinajstić information content (AvgIpc) is 2.67. The van der Waals surface area contributed by atoms with Crippen molar-refractivity contribution >= 4 is 42.0 Å². The number of esters is 1. The summed E-state index contributed by atoms with van der Waals surface area (Å²) in [5, 5.41) is 3.42. The molecule has 2 fully saturated rings. The molecule has 2 aliphatic rings. The first-order valence-corrected chi connectivity index (χ1v) is 10.3. The van der Waals surface area contributed by atoms with Gasteiger partial charge >= 0.3 is 12.1 Å². The van der Waals surface area contributed by atoms with Crippen LogP contribution in [0.3, 0.4) is 0 Å². The number of nitrogens with one attached hydrogen (secondary N) is 1. The highest BCUT2D eigenvalue weighted by Gasteiger charge is 2.31. The molecule has 0 saturated carbocycles. The van der Waals surface area contributed by atoms with Crippen molar-refractivity contribution in [3.05, 3.63) is 0 Å². The fraction of sp³-hybridized carbons (Fsp3) is 0.850. The van der Waals surface area contributed by atoms with Crippen LogP contribution in [0.1, 0.15) is 52.9 Å². The summed E-state index contributed by atoms with van der Waals surface area (Å²) >= 11 is 0. The number of likely N-dealkylation sites (tertiary alicyclic amines) is 2. The van der Waals surface area contributed by atoms with Crippen LogP contribution in [0.25, 0.3) is 0 Å². The largest absolute Gasteiger partial charge is 0.469 e. The van der Waals surface area contributed by atoms with E-state index in [0.29, 0.717) is 6.54 Å². The number of hydrogen-bond acceptors (Lipinski definition) is 5. The molecule has 1 N–H and O–H groups in total. The van der Waals surface area contributed by atoms with Crippen molar-refractivity contribution < 1.29 is 19.1 Å². The number of piperidine rings is 2. The third-order valence-electron chi connectivity index (χ3n) is 5.29. The summed E-state index contributed by atoms with van der Waals surface area (Å²) < 4.78 is 10.4. The van der Waals surface area contributed by atoms with Crippen LogP contribution in [0.4, 0.5) is 4.79 Å². The normalized spacial score (nSPS) is 21.3. The van der Waals surface area contributed by atoms with Gasteiger partial charge in [-0.05, 0) is 52.9 Å². The molecule has 2 rings (SSSR count). The van der Waals surface area contributed by atoms with E-state index in [9.17, 15) is 9.59 Å². The lowest BCUT2D eigenvalue weighted by molar-refractivity contribution is -0.146. The van der Waals surface area contributed by atoms with Crippen molar-refractivity contribution in [3.63, 3.8) is 0 Å². The van der Waals surface area contributed by atoms with E-state index in [-0.39, 0.29) is 48.0 Å². The van der Waals surface area contributed by atoms with Crippen LogP contribution < -0.4 is 5.32 Å². The summed E-state index contributed by atoms with van der Waals surface area (Å²) in [7, 11) is 3.21. The Kier molecular flexibility index (Phi) is 10.5. The number of ether oxygens (including phenoxy) is 2. The molecule has 1 amide bonds. The Bertz CT molecular complexity index is 571. The molecule has 9 heteroatoms. The monoisotopic (exact) mass is 524 g/mol. The third-order valence-corrected chi connectivity index (χ3v) is 5.29. The predicted octanol–water partition coefficient (Wildman–Crippen LogP) is 2.85. The molecule has 0 radical (unpaired) electrons. The highest BCUT2D eigenvalue weighted by atomic mass is 127. The van der Waals surface area contributed by atoms with Crippen LogP contribution >= 0.6 is 24.0 Å². The van der Waals surface area contributed by atoms with Crippen molar-refractivity contribution in [3.8, 4) is 0 Å². The Morgan fingerprint density at radius 2 is 1.76 bits per heavy atom. The van der Waals surface area contributed by atoms with Gasteiger partial charge < -0.3 is 24.6 Å². The fourth-order valence-electron chi connectivity index (χ4n) is 3.81. The molecule has 1 unspecified atom stereocenters. The number of methoxy groups -OCH3 is 1. The van der Waals surface area contributed by atoms with E-state index in [2.05, 4.69) is 15.2 Å². The van der Waals surface area contributed by atoms with E-state index in [0.717, 1.165) is 57.7 Å². The molecule has 0 aromatic heterocycles. The van der Waals surface area contributed by atoms with Gasteiger partial charge in [-0.25, -0.2) is 4.79 Å². The summed E-state index contributed by atoms with van der Waals surface area (Å²) in [6.45, 7) is 8.57. The van der Waals surface area contributed by atoms with Gasteiger partial charge in [0.15, 0.2) is 5.96 Å². The van der Waals surface area contributed by atoms with Crippen molar-refractivity contribution in [2.75, 3.05) is 40.3 Å². The number of guanidine groups is 1. The number of amides is 1. The lowest BCUT2D eigenvalue weighted by atomic mass is 9.97. The Morgan fingerprint density at radius 1 is 1.10 bits per heavy atom. The zero-order valence-corrected chi connectivity index (χ0v) is 20.7. The quantitative estimate of drug-likeness (QED) is 0.265. The second-order valence-corrected chi connectivity index (χ2v) is 8.54. The lowest BCUT2D eigenvalue weighted by Crippen LogP contribution is -2.53. The lowest BCUT2D eigenvalue weighted by Gasteiger charge is -2.38. The summed E-state index contributed by atoms with van der Waals surface area (Å²) in [5.41, 5.74) is -0.494. The number of carbonyl (C=O) groups is 2. The molecule has 29 heavy (non-hydrogen) atoms. The second kappa shape index (κ2) is 11.8. The first kappa shape index (κ1) is 25.8. The van der Waals surface area contributed by atoms with E-state index in [4.69, 9.17) is 9.47 Å². The maximum absolute atomic E-state index is 12.6. The molecule has 0 aliphatic carbocycles. The minimum atomic E-state index is -0.494. The van der Waals surface area contributed by atoms with Gasteiger partial charge in [0.05, 0.1) is 19.1 Å². The van der Waals surface area contributed by atoms with E-state index in [1.807, 2.05) is 25.7 Å². The molecule has 2 saturated heterocycles. The van der Waals surface area contributed by atoms with Crippen LogP contribution in [0, 0.1) is 5.92 Å². The van der Waals surface area contributed by atoms with Gasteiger partial charge in [0, 0.05) is 33.2 Å². The fourth-order valence-corrected chi connectivity index (χ4v) is 3.81. The van der Waals surface area contributed by atoms with Crippen LogP contribution in [-0.4, -0.2) is 79.8 Å². The zero-order valence-electron chi connectivity index (χ0n) is 18.4. The van der Waals surface area contributed by atoms with Crippen LogP contribution in [0.5, 0.6) is 0 Å². The Labute approximate surface area is 191 Å². The zero-order chi connectivity index (χ0) is 20.7. The van der Waals surface area contributed by atoms with E-state index in [1.54, 1.807) is 7.05 Å². The van der Waals surface area contributed by atoms with Crippen LogP contribution in [-0.2, 0) is 14.3 Å². The summed E-state index contributed by atoms with van der Waals surface area (Å²) in [6, 6.07) is 0.0907. The van der Waals surface area contributed by atoms with E-state index >= 15 is 0 Å². The molecule has 0 aromatic carbocycles. The summed E-state index contributed by atoms with van der Waals surface area (Å²) in [6.07, 6.45) is 4.35. The molecule has 0 bridgehead atoms. The Hall–Kier alpha value is -1.26. The molecule has 1 atom stereocenters. The first-order chi connectivity index (χ1) is 13.2. The standard InChI is InChI=1S/C20H36N4O4.HI/c1-20(2,3)28-19(26)24-11-7-6-8-16(24)14-22-18(21-4)23-12-9-15(10-13-23)17(25)27-5;/h15-16H,6-14H2,1-5H3,(H,21,22);1H. The topological polar surface area (TPSA) is 83.5 Å². The minimum absolute atomic E-state index is 0. The first-order valence-electron chi connectivity index (χ1n) is 10.3. The number of halogens is 1. The van der Waals surface area contributed by atoms with Crippen LogP contribution in [0.2, 0.25) is 0 Å². The number of carbonyl (C=O) groups excluding carboxylic acids is 2. The number of rotatable bonds is 3. The molecule has 8 nitrogen and oxygen atoms in total. The van der Waals surface area contributed by atoms with Gasteiger partial charge in [-0.1, -0.05) is 0 Å². The highest BCUT2D eigenvalue weighted by Crippen LogP contribution is 2.21. The van der Waals surface area contributed by atoms with Gasteiger partial charge in [-0.15, -0.1) is 24.0 Å². The van der Waals surface area contributed by atoms with Crippen molar-refractivity contribution in [2.24, 2.45) is 10.9 Å². The molecular formula is C20H37IN4O4. The second-order valence-electron chi connectivity index (χ2n) is 8.54. The molecule has 2 heterocycles. The highest BCUT2D eigenvalue weighted by molar-refractivity contribution is 14.0. The maximum atomic E-state index is 12.6. The van der Waals surface area contributed by atoms with Crippen molar-refractivity contribution in [1.29, 1.82) is 0 Å². The van der Waals surface area contributed by atoms with E-state index in [1.165, 1.54) is 7.11 Å². The number of aliphatic imine (C=N–C) groups is 1. The van der Waals surface area contributed by atoms with Crippen LogP contribution in [0.15, 0.2) is 4.99 Å². The molecule has 168 valence electrons. The minimum Gasteiger partial charge on any atom is -0.469 e. The Morgan fingerprint density at radius 3 is 2.31 bits per heavy atom. The summed E-state index contributed by atoms with van der Waals surface area (Å²) in [4.78, 5) is 32.7. The van der Waals surface area contributed by atoms with Gasteiger partial charge in [-0.3, -0.25) is 9.79 Å². The molecule has 0 aromatic rings. The Balaban J connectivity index is 0.00000420. The van der Waals surface area contributed by atoms with Gasteiger partial charge in [0.25, 0.3) is 0 Å². The molecular weight excluding hydrogens is 487 g/mol. The van der Waals surface area contributed by atoms with Crippen molar-refractivity contribution in [1.82, 2.24) is 15.1 Å². The SMILES string of the molecule is CN=C(NCC1CCCCN1C(=O)OC(C)(C)C)N1CCC(C(=O)OC)CC1.I. The number of nitrogens with zero attached hydrogens (tertiary/aromatic N) is 3.